The molecule has 0 bridgehead atoms. The van der Waals surface area contributed by atoms with Crippen LogP contribution in [0.2, 0.25) is 15.1 Å². The molecule has 1 atom stereocenters. The SMILES string of the molecule is CC[C@@H](C(=O)NC1CCCC1)N(Cc1c(Cl)cccc1Cl)C(=O)CSCc1cccc(Cl)c1. The first kappa shape index (κ1) is 26.2. The molecule has 0 spiro atoms. The summed E-state index contributed by atoms with van der Waals surface area (Å²) in [7, 11) is 0. The van der Waals surface area contributed by atoms with Gasteiger partial charge in [-0.2, -0.15) is 0 Å². The zero-order valence-electron chi connectivity index (χ0n) is 18.7. The molecule has 1 saturated carbocycles. The standard InChI is InChI=1S/C25H29Cl3N2O2S/c1-2-23(25(32)29-19-9-3-4-10-19)30(14-20-21(27)11-6-12-22(20)28)24(31)16-33-15-17-7-5-8-18(26)13-17/h5-8,11-13,19,23H,2-4,9-10,14-16H2,1H3,(H,29,32)/t23-/m0/s1. The number of nitrogens with zero attached hydrogens (tertiary/aromatic N) is 1. The molecule has 2 aromatic carbocycles. The minimum Gasteiger partial charge on any atom is -0.352 e. The van der Waals surface area contributed by atoms with E-state index in [9.17, 15) is 9.59 Å². The Balaban J connectivity index is 1.75. The number of halogens is 3. The normalized spacial score (nSPS) is 14.8. The zero-order valence-corrected chi connectivity index (χ0v) is 21.7. The molecule has 2 aromatic rings. The number of carbonyl (C=O) groups excluding carboxylic acids is 2. The minimum absolute atomic E-state index is 0.110. The molecule has 0 aliphatic heterocycles. The lowest BCUT2D eigenvalue weighted by molar-refractivity contribution is -0.139. The van der Waals surface area contributed by atoms with Crippen LogP contribution in [-0.4, -0.2) is 34.6 Å². The number of rotatable bonds is 10. The summed E-state index contributed by atoms with van der Waals surface area (Å²) in [6.45, 7) is 2.11. The van der Waals surface area contributed by atoms with Crippen LogP contribution in [0.5, 0.6) is 0 Å². The van der Waals surface area contributed by atoms with Gasteiger partial charge in [0.2, 0.25) is 11.8 Å². The van der Waals surface area contributed by atoms with Crippen molar-refractivity contribution in [1.29, 1.82) is 0 Å². The second-order valence-corrected chi connectivity index (χ2v) is 10.5. The highest BCUT2D eigenvalue weighted by Gasteiger charge is 2.31. The lowest BCUT2D eigenvalue weighted by atomic mass is 10.1. The number of amides is 2. The third-order valence-corrected chi connectivity index (χ3v) is 7.79. The van der Waals surface area contributed by atoms with Gasteiger partial charge in [0, 0.05) is 39.0 Å². The van der Waals surface area contributed by atoms with Crippen molar-refractivity contribution in [3.05, 3.63) is 68.7 Å². The van der Waals surface area contributed by atoms with E-state index >= 15 is 0 Å². The van der Waals surface area contributed by atoms with Crippen molar-refractivity contribution in [3.63, 3.8) is 0 Å². The maximum Gasteiger partial charge on any atom is 0.243 e. The Labute approximate surface area is 215 Å². The van der Waals surface area contributed by atoms with Crippen LogP contribution in [-0.2, 0) is 21.9 Å². The van der Waals surface area contributed by atoms with E-state index in [1.54, 1.807) is 23.1 Å². The van der Waals surface area contributed by atoms with E-state index in [4.69, 9.17) is 34.8 Å². The van der Waals surface area contributed by atoms with Gasteiger partial charge in [-0.1, -0.05) is 72.8 Å². The first-order chi connectivity index (χ1) is 15.9. The highest BCUT2D eigenvalue weighted by Crippen LogP contribution is 2.28. The van der Waals surface area contributed by atoms with Crippen molar-refractivity contribution >= 4 is 58.4 Å². The predicted molar refractivity (Wildman–Crippen MR) is 139 cm³/mol. The van der Waals surface area contributed by atoms with E-state index in [1.165, 1.54) is 11.8 Å². The second kappa shape index (κ2) is 12.9. The molecular weight excluding hydrogens is 499 g/mol. The Hall–Kier alpha value is -1.40. The first-order valence-corrected chi connectivity index (χ1v) is 13.5. The monoisotopic (exact) mass is 526 g/mol. The summed E-state index contributed by atoms with van der Waals surface area (Å²) in [4.78, 5) is 28.2. The van der Waals surface area contributed by atoms with E-state index in [2.05, 4.69) is 5.32 Å². The van der Waals surface area contributed by atoms with Gasteiger partial charge in [-0.3, -0.25) is 9.59 Å². The maximum atomic E-state index is 13.4. The van der Waals surface area contributed by atoms with Crippen molar-refractivity contribution < 1.29 is 9.59 Å². The lowest BCUT2D eigenvalue weighted by Gasteiger charge is -2.32. The van der Waals surface area contributed by atoms with Gasteiger partial charge in [-0.05, 0) is 49.1 Å². The van der Waals surface area contributed by atoms with Gasteiger partial charge in [0.15, 0.2) is 0 Å². The van der Waals surface area contributed by atoms with Gasteiger partial charge < -0.3 is 10.2 Å². The molecule has 8 heteroatoms. The van der Waals surface area contributed by atoms with E-state index in [0.717, 1.165) is 31.2 Å². The summed E-state index contributed by atoms with van der Waals surface area (Å²) in [5.41, 5.74) is 1.70. The van der Waals surface area contributed by atoms with E-state index in [0.29, 0.717) is 32.8 Å². The van der Waals surface area contributed by atoms with Crippen LogP contribution in [0.3, 0.4) is 0 Å². The molecule has 3 rings (SSSR count). The lowest BCUT2D eigenvalue weighted by Crippen LogP contribution is -2.51. The first-order valence-electron chi connectivity index (χ1n) is 11.2. The molecule has 33 heavy (non-hydrogen) atoms. The number of thioether (sulfide) groups is 1. The van der Waals surface area contributed by atoms with Crippen LogP contribution in [0.1, 0.15) is 50.2 Å². The molecule has 4 nitrogen and oxygen atoms in total. The third-order valence-electron chi connectivity index (χ3n) is 5.86. The Morgan fingerprint density at radius 1 is 1.09 bits per heavy atom. The van der Waals surface area contributed by atoms with Crippen molar-refractivity contribution in [2.45, 2.75) is 63.4 Å². The summed E-state index contributed by atoms with van der Waals surface area (Å²) in [5, 5.41) is 4.79. The summed E-state index contributed by atoms with van der Waals surface area (Å²) >= 11 is 20.4. The quantitative estimate of drug-likeness (QED) is 0.372. The minimum atomic E-state index is -0.586. The molecule has 0 heterocycles. The third kappa shape index (κ3) is 7.54. The van der Waals surface area contributed by atoms with Crippen LogP contribution in [0.25, 0.3) is 0 Å². The van der Waals surface area contributed by atoms with Gasteiger partial charge in [0.25, 0.3) is 0 Å². The largest absolute Gasteiger partial charge is 0.352 e. The van der Waals surface area contributed by atoms with Crippen LogP contribution in [0.4, 0.5) is 0 Å². The Kier molecular flexibility index (Phi) is 10.2. The molecule has 0 saturated heterocycles. The predicted octanol–water partition coefficient (Wildman–Crippen LogP) is 6.75. The average molecular weight is 528 g/mol. The summed E-state index contributed by atoms with van der Waals surface area (Å²) in [6, 6.07) is 12.5. The van der Waals surface area contributed by atoms with Crippen LogP contribution >= 0.6 is 46.6 Å². The van der Waals surface area contributed by atoms with Crippen LogP contribution in [0, 0.1) is 0 Å². The molecule has 0 radical (unpaired) electrons. The van der Waals surface area contributed by atoms with Crippen molar-refractivity contribution in [1.82, 2.24) is 10.2 Å². The van der Waals surface area contributed by atoms with Gasteiger partial charge in [0.05, 0.1) is 5.75 Å². The molecule has 1 fully saturated rings. The van der Waals surface area contributed by atoms with Gasteiger partial charge in [-0.25, -0.2) is 0 Å². The molecule has 0 aromatic heterocycles. The molecule has 178 valence electrons. The molecular formula is C25H29Cl3N2O2S. The van der Waals surface area contributed by atoms with Gasteiger partial charge >= 0.3 is 0 Å². The molecule has 1 N–H and O–H groups in total. The smallest absolute Gasteiger partial charge is 0.243 e. The molecule has 1 aliphatic carbocycles. The Morgan fingerprint density at radius 2 is 1.76 bits per heavy atom. The number of hydrogen-bond donors (Lipinski definition) is 1. The maximum absolute atomic E-state index is 13.4. The van der Waals surface area contributed by atoms with Crippen molar-refractivity contribution in [3.8, 4) is 0 Å². The summed E-state index contributed by atoms with van der Waals surface area (Å²) in [6.07, 6.45) is 4.73. The number of nitrogens with one attached hydrogen (secondary N) is 1. The Bertz CT molecular complexity index is 946. The number of carbonyl (C=O) groups is 2. The summed E-state index contributed by atoms with van der Waals surface area (Å²) in [5.74, 6) is 0.659. The fourth-order valence-corrected chi connectivity index (χ4v) is 5.69. The van der Waals surface area contributed by atoms with E-state index < -0.39 is 6.04 Å². The van der Waals surface area contributed by atoms with Gasteiger partial charge in [-0.15, -0.1) is 11.8 Å². The number of hydrogen-bond acceptors (Lipinski definition) is 3. The molecule has 0 unspecified atom stereocenters. The second-order valence-electron chi connectivity index (χ2n) is 8.26. The fraction of sp³-hybridized carbons (Fsp3) is 0.440. The van der Waals surface area contributed by atoms with Crippen LogP contribution in [0.15, 0.2) is 42.5 Å². The van der Waals surface area contributed by atoms with Gasteiger partial charge in [0.1, 0.15) is 6.04 Å². The van der Waals surface area contributed by atoms with E-state index in [1.807, 2.05) is 31.2 Å². The zero-order chi connectivity index (χ0) is 23.8. The van der Waals surface area contributed by atoms with E-state index in [-0.39, 0.29) is 30.2 Å². The highest BCUT2D eigenvalue weighted by atomic mass is 35.5. The van der Waals surface area contributed by atoms with Crippen molar-refractivity contribution in [2.75, 3.05) is 5.75 Å². The average Bonchev–Trinajstić information content (AvgIpc) is 3.28. The fourth-order valence-electron chi connectivity index (χ4n) is 4.11. The van der Waals surface area contributed by atoms with Crippen molar-refractivity contribution in [2.24, 2.45) is 0 Å². The topological polar surface area (TPSA) is 49.4 Å². The highest BCUT2D eigenvalue weighted by molar-refractivity contribution is 7.99. The molecule has 1 aliphatic rings. The van der Waals surface area contributed by atoms with Crippen LogP contribution < -0.4 is 5.32 Å². The number of benzene rings is 2. The molecule has 2 amide bonds. The Morgan fingerprint density at radius 3 is 2.39 bits per heavy atom. The summed E-state index contributed by atoms with van der Waals surface area (Å²) < 4.78 is 0.